The molecule has 17 nitrogen and oxygen atoms in total. The highest BCUT2D eigenvalue weighted by atomic mass is 35.5. The highest BCUT2D eigenvalue weighted by molar-refractivity contribution is 7.13. The molecule has 4 aromatic carbocycles. The first-order valence-electron chi connectivity index (χ1n) is 26.1. The molecule has 1 aliphatic heterocycles. The molecule has 20 heteroatoms. The van der Waals surface area contributed by atoms with Gasteiger partial charge in [0.05, 0.1) is 85.6 Å². The van der Waals surface area contributed by atoms with Gasteiger partial charge in [0.1, 0.15) is 61.1 Å². The molecule has 0 bridgehead atoms. The number of nitrogens with zero attached hydrogens (tertiary/aromatic N) is 4. The molecule has 8 rings (SSSR count). The number of hydrogen-bond acceptors (Lipinski definition) is 16. The molecule has 0 saturated carbocycles. The number of aliphatic hydroxyl groups excluding tert-OH is 1. The number of rotatable bonds is 29. The lowest BCUT2D eigenvalue weighted by atomic mass is 9.77. The zero-order valence-electron chi connectivity index (χ0n) is 44.7. The van der Waals surface area contributed by atoms with E-state index in [4.69, 9.17) is 44.4 Å². The number of nitrogens with one attached hydrogen (secondary N) is 2. The van der Waals surface area contributed by atoms with E-state index in [1.165, 1.54) is 23.4 Å². The summed E-state index contributed by atoms with van der Waals surface area (Å²) < 4.78 is 53.8. The Morgan fingerprint density at radius 3 is 2.24 bits per heavy atom. The molecule has 1 aliphatic rings. The van der Waals surface area contributed by atoms with Crippen LogP contribution in [0.25, 0.3) is 32.7 Å². The van der Waals surface area contributed by atoms with E-state index in [-0.39, 0.29) is 82.4 Å². The third-order valence-electron chi connectivity index (χ3n) is 13.1. The minimum atomic E-state index is -0.854. The van der Waals surface area contributed by atoms with E-state index in [9.17, 15) is 23.9 Å². The largest absolute Gasteiger partial charge is 0.487 e. The molecule has 0 unspecified atom stereocenters. The van der Waals surface area contributed by atoms with Crippen molar-refractivity contribution in [3.63, 3.8) is 0 Å². The Hall–Kier alpha value is -6.68. The summed E-state index contributed by atoms with van der Waals surface area (Å²) in [6.07, 6.45) is 0.686. The number of fused-ring (bicyclic) bond motifs is 1. The Balaban J connectivity index is 0.661. The maximum atomic E-state index is 14.0. The Morgan fingerprint density at radius 1 is 0.823 bits per heavy atom. The van der Waals surface area contributed by atoms with Gasteiger partial charge in [-0.1, -0.05) is 68.8 Å². The Kier molecular flexibility index (Phi) is 21.1. The molecule has 3 aromatic heterocycles. The Bertz CT molecular complexity index is 3130. The van der Waals surface area contributed by atoms with Crippen molar-refractivity contribution < 1.29 is 56.7 Å². The molecule has 2 amide bonds. The lowest BCUT2D eigenvalue weighted by Crippen LogP contribution is -2.50. The lowest BCUT2D eigenvalue weighted by Gasteiger charge is -2.34. The number of halogens is 2. The van der Waals surface area contributed by atoms with Crippen LogP contribution in [-0.4, -0.2) is 121 Å². The van der Waals surface area contributed by atoms with Gasteiger partial charge in [0.2, 0.25) is 11.8 Å². The molecule has 0 aliphatic carbocycles. The van der Waals surface area contributed by atoms with E-state index >= 15 is 0 Å². The van der Waals surface area contributed by atoms with Crippen molar-refractivity contribution in [1.82, 2.24) is 25.2 Å². The van der Waals surface area contributed by atoms with E-state index in [1.807, 2.05) is 93.9 Å². The number of aromatic nitrogens is 3. The lowest BCUT2D eigenvalue weighted by molar-refractivity contribution is -0.146. The standard InChI is InChI=1S/C59H66ClFN6O11S/c1-38-55(79-37-65-38)41-10-8-39(9-11-41)31-62-57(70)52-30-45(68)32-67(52)58(71)49(59(2,3)4)29-46(69)34-75-24-22-73-20-18-72-19-21-74-23-25-76-35-47-14-17-53(78-47)42-12-15-51-48(27-42)56(64-36-63-51)66-44-13-16-54(50(60)28-44)77-33-40-6-5-7-43(61)26-40/h5-17,26-28,36-37,45,49,52,68H,18-25,29-35H2,1-4H3,(H,62,70)(H,63,64,66)/t45-,49-,52+/m1/s1. The van der Waals surface area contributed by atoms with E-state index < -0.39 is 23.5 Å². The molecule has 0 radical (unpaired) electrons. The number of likely N-dealkylation sites (tertiary alicyclic amines) is 1. The molecule has 3 atom stereocenters. The summed E-state index contributed by atoms with van der Waals surface area (Å²) in [7, 11) is 0. The third kappa shape index (κ3) is 16.9. The van der Waals surface area contributed by atoms with E-state index in [2.05, 4.69) is 25.6 Å². The van der Waals surface area contributed by atoms with Crippen molar-refractivity contribution in [1.29, 1.82) is 0 Å². The molecule has 79 heavy (non-hydrogen) atoms. The van der Waals surface area contributed by atoms with Gasteiger partial charge in [-0.2, -0.15) is 0 Å². The first-order valence-corrected chi connectivity index (χ1v) is 27.4. The normalized spacial score (nSPS) is 14.9. The summed E-state index contributed by atoms with van der Waals surface area (Å²) in [4.78, 5) is 56.3. The molecule has 7 aromatic rings. The maximum absolute atomic E-state index is 14.0. The first kappa shape index (κ1) is 58.5. The smallest absolute Gasteiger partial charge is 0.243 e. The molecule has 0 spiro atoms. The minimum Gasteiger partial charge on any atom is -0.487 e. The maximum Gasteiger partial charge on any atom is 0.243 e. The Labute approximate surface area is 467 Å². The van der Waals surface area contributed by atoms with Gasteiger partial charge in [0, 0.05) is 48.5 Å². The van der Waals surface area contributed by atoms with Crippen LogP contribution < -0.4 is 15.4 Å². The summed E-state index contributed by atoms with van der Waals surface area (Å²) in [6.45, 7) is 10.7. The molecule has 1 saturated heterocycles. The van der Waals surface area contributed by atoms with E-state index in [0.717, 1.165) is 38.2 Å². The van der Waals surface area contributed by atoms with Gasteiger partial charge < -0.3 is 53.5 Å². The number of carbonyl (C=O) groups excluding carboxylic acids is 3. The van der Waals surface area contributed by atoms with Crippen molar-refractivity contribution in [2.75, 3.05) is 71.3 Å². The van der Waals surface area contributed by atoms with Crippen LogP contribution in [0, 0.1) is 24.1 Å². The van der Waals surface area contributed by atoms with Crippen molar-refractivity contribution in [3.05, 3.63) is 142 Å². The van der Waals surface area contributed by atoms with Gasteiger partial charge in [-0.05, 0) is 89.7 Å². The third-order valence-corrected chi connectivity index (χ3v) is 14.4. The number of thiazole rings is 1. The zero-order valence-corrected chi connectivity index (χ0v) is 46.3. The van der Waals surface area contributed by atoms with Crippen molar-refractivity contribution in [2.45, 2.75) is 72.4 Å². The summed E-state index contributed by atoms with van der Waals surface area (Å²) in [5.41, 5.74) is 7.08. The highest BCUT2D eigenvalue weighted by Crippen LogP contribution is 2.35. The number of aryl methyl sites for hydroxylation is 1. The van der Waals surface area contributed by atoms with Crippen LogP contribution in [0.15, 0.2) is 113 Å². The number of carbonyl (C=O) groups is 3. The second kappa shape index (κ2) is 28.5. The average molecular weight is 1120 g/mol. The molecule has 3 N–H and O–H groups in total. The highest BCUT2D eigenvalue weighted by Gasteiger charge is 2.44. The molecular formula is C59H66ClFN6O11S. The number of anilines is 2. The second-order valence-electron chi connectivity index (χ2n) is 20.1. The summed E-state index contributed by atoms with van der Waals surface area (Å²) in [5.74, 6) is 0.369. The van der Waals surface area contributed by atoms with Crippen LogP contribution >= 0.6 is 22.9 Å². The van der Waals surface area contributed by atoms with Gasteiger partial charge >= 0.3 is 0 Å². The fraction of sp³-hybridized carbons (Fsp3) is 0.390. The monoisotopic (exact) mass is 1120 g/mol. The number of ketones is 1. The van der Waals surface area contributed by atoms with Gasteiger partial charge in [0.25, 0.3) is 0 Å². The molecule has 418 valence electrons. The average Bonchev–Trinajstić information content (AvgIpc) is 4.31. The summed E-state index contributed by atoms with van der Waals surface area (Å²) in [5, 5.41) is 18.0. The predicted molar refractivity (Wildman–Crippen MR) is 298 cm³/mol. The van der Waals surface area contributed by atoms with E-state index in [0.29, 0.717) is 79.0 Å². The van der Waals surface area contributed by atoms with E-state index in [1.54, 1.807) is 35.6 Å². The quantitative estimate of drug-likeness (QED) is 0.0373. The molecule has 1 fully saturated rings. The van der Waals surface area contributed by atoms with Gasteiger partial charge in [0.15, 0.2) is 5.78 Å². The fourth-order valence-electron chi connectivity index (χ4n) is 8.89. The number of aliphatic hydroxyl groups is 1. The number of Topliss-reactive ketones (excluding diaryl/α,β-unsaturated/α-hetero) is 1. The number of furan rings is 1. The van der Waals surface area contributed by atoms with Gasteiger partial charge in [-0.15, -0.1) is 11.3 Å². The van der Waals surface area contributed by atoms with Crippen molar-refractivity contribution in [3.8, 4) is 27.5 Å². The predicted octanol–water partition coefficient (Wildman–Crippen LogP) is 9.92. The Morgan fingerprint density at radius 2 is 1.54 bits per heavy atom. The van der Waals surface area contributed by atoms with Crippen LogP contribution in [0.1, 0.15) is 56.2 Å². The van der Waals surface area contributed by atoms with Crippen molar-refractivity contribution >= 4 is 62.9 Å². The van der Waals surface area contributed by atoms with Crippen LogP contribution in [0.5, 0.6) is 5.75 Å². The minimum absolute atomic E-state index is 0.0151. The van der Waals surface area contributed by atoms with Gasteiger partial charge in [-0.25, -0.2) is 19.3 Å². The number of β-amino-alcohol motifs (C(OH)–C–C–N with tert-alkyl or cyclic N) is 1. The number of amides is 2. The fourth-order valence-corrected chi connectivity index (χ4v) is 9.94. The van der Waals surface area contributed by atoms with Crippen LogP contribution in [0.2, 0.25) is 5.02 Å². The van der Waals surface area contributed by atoms with Crippen molar-refractivity contribution in [2.24, 2.45) is 11.3 Å². The SMILES string of the molecule is Cc1ncsc1-c1ccc(CNC(=O)[C@@H]2C[C@@H](O)CN2C(=O)[C@@H](CC(=O)COCCOCCOCCOCCOCc2ccc(-c3ccc4ncnc(Nc5ccc(OCc6cccc(F)c6)c(Cl)c5)c4c3)o2)C(C)(C)C)cc1. The number of benzene rings is 4. The van der Waals surface area contributed by atoms with Crippen LogP contribution in [-0.2, 0) is 57.8 Å². The van der Waals surface area contributed by atoms with Gasteiger partial charge in [-0.3, -0.25) is 14.4 Å². The zero-order chi connectivity index (χ0) is 55.7. The number of hydrogen-bond donors (Lipinski definition) is 3. The van der Waals surface area contributed by atoms with Crippen LogP contribution in [0.3, 0.4) is 0 Å². The number of ether oxygens (including phenoxy) is 6. The first-order chi connectivity index (χ1) is 38.2. The second-order valence-corrected chi connectivity index (χ2v) is 21.4. The van der Waals surface area contributed by atoms with Crippen LogP contribution in [0.4, 0.5) is 15.9 Å². The summed E-state index contributed by atoms with van der Waals surface area (Å²) in [6, 6.07) is 28.1. The molecule has 4 heterocycles. The molecular weight excluding hydrogens is 1060 g/mol. The topological polar surface area (TPSA) is 206 Å². The summed E-state index contributed by atoms with van der Waals surface area (Å²) >= 11 is 8.12.